The normalized spacial score (nSPS) is 24.3. The van der Waals surface area contributed by atoms with Crippen LogP contribution in [0.15, 0.2) is 40.5 Å². The molecule has 2 aliphatic rings. The average Bonchev–Trinajstić information content (AvgIpc) is 2.53. The first-order chi connectivity index (χ1) is 11.0. The third-order valence-corrected chi connectivity index (χ3v) is 4.88. The van der Waals surface area contributed by atoms with Crippen LogP contribution in [0.25, 0.3) is 0 Å². The number of aryl methyl sites for hydroxylation is 1. The minimum Gasteiger partial charge on any atom is -0.478 e. The molecule has 4 heteroatoms. The van der Waals surface area contributed by atoms with E-state index in [-0.39, 0.29) is 11.4 Å². The first kappa shape index (κ1) is 15.7. The summed E-state index contributed by atoms with van der Waals surface area (Å²) in [6, 6.07) is 7.96. The van der Waals surface area contributed by atoms with Crippen molar-refractivity contribution >= 4 is 17.5 Å². The van der Waals surface area contributed by atoms with Gasteiger partial charge in [-0.3, -0.25) is 9.79 Å². The monoisotopic (exact) mass is 311 g/mol. The van der Waals surface area contributed by atoms with Gasteiger partial charge in [0.25, 0.3) is 0 Å². The van der Waals surface area contributed by atoms with E-state index in [1.165, 1.54) is 5.56 Å². The summed E-state index contributed by atoms with van der Waals surface area (Å²) in [4.78, 5) is 28.8. The molecule has 0 bridgehead atoms. The van der Waals surface area contributed by atoms with Gasteiger partial charge in [-0.1, -0.05) is 31.2 Å². The lowest BCUT2D eigenvalue weighted by Gasteiger charge is -2.35. The van der Waals surface area contributed by atoms with Crippen LogP contribution in [0.4, 0.5) is 0 Å². The summed E-state index contributed by atoms with van der Waals surface area (Å²) >= 11 is 0. The molecule has 4 nitrogen and oxygen atoms in total. The lowest BCUT2D eigenvalue weighted by Crippen LogP contribution is -2.38. The summed E-state index contributed by atoms with van der Waals surface area (Å²) in [6.07, 6.45) is 3.04. The van der Waals surface area contributed by atoms with Gasteiger partial charge in [-0.05, 0) is 37.3 Å². The standard InChI is InChI=1S/C19H21NO3/c1-3-12-7-9-13(10-8-12)17-16(19(22)23)11(2)20-14-5-4-6-15(21)18(14)17/h7-10,17-18H,3-6H2,1-2H3,(H,22,23). The van der Waals surface area contributed by atoms with Crippen LogP contribution in [0.1, 0.15) is 50.2 Å². The molecule has 0 spiro atoms. The Kier molecular flexibility index (Phi) is 4.16. The molecule has 0 saturated heterocycles. The van der Waals surface area contributed by atoms with E-state index < -0.39 is 17.8 Å². The number of carboxylic acids is 1. The number of aliphatic imine (C=N–C) groups is 1. The van der Waals surface area contributed by atoms with Gasteiger partial charge in [0.05, 0.1) is 11.5 Å². The molecule has 1 aliphatic carbocycles. The largest absolute Gasteiger partial charge is 0.478 e. The van der Waals surface area contributed by atoms with Crippen molar-refractivity contribution in [3.63, 3.8) is 0 Å². The molecule has 0 amide bonds. The molecule has 23 heavy (non-hydrogen) atoms. The van der Waals surface area contributed by atoms with Crippen molar-refractivity contribution in [3.8, 4) is 0 Å². The zero-order valence-electron chi connectivity index (χ0n) is 13.5. The number of nitrogens with zero attached hydrogens (tertiary/aromatic N) is 1. The fourth-order valence-corrected chi connectivity index (χ4v) is 3.72. The van der Waals surface area contributed by atoms with E-state index >= 15 is 0 Å². The van der Waals surface area contributed by atoms with Crippen LogP contribution >= 0.6 is 0 Å². The zero-order chi connectivity index (χ0) is 16.6. The summed E-state index contributed by atoms with van der Waals surface area (Å²) < 4.78 is 0. The van der Waals surface area contributed by atoms with Gasteiger partial charge in [0.1, 0.15) is 5.78 Å². The second-order valence-electron chi connectivity index (χ2n) is 6.28. The molecular weight excluding hydrogens is 290 g/mol. The zero-order valence-corrected chi connectivity index (χ0v) is 13.5. The van der Waals surface area contributed by atoms with E-state index in [2.05, 4.69) is 11.9 Å². The molecule has 0 radical (unpaired) electrons. The molecule has 1 N–H and O–H groups in total. The number of rotatable bonds is 3. The second kappa shape index (κ2) is 6.11. The van der Waals surface area contributed by atoms with Crippen molar-refractivity contribution in [3.05, 3.63) is 46.7 Å². The first-order valence-electron chi connectivity index (χ1n) is 8.16. The summed E-state index contributed by atoms with van der Waals surface area (Å²) in [5, 5.41) is 9.68. The number of aliphatic carboxylic acids is 1. The lowest BCUT2D eigenvalue weighted by atomic mass is 9.69. The Morgan fingerprint density at radius 3 is 2.52 bits per heavy atom. The molecule has 1 heterocycles. The van der Waals surface area contributed by atoms with E-state index in [1.807, 2.05) is 24.3 Å². The first-order valence-corrected chi connectivity index (χ1v) is 8.16. The number of hydrogen-bond acceptors (Lipinski definition) is 3. The summed E-state index contributed by atoms with van der Waals surface area (Å²) in [5.74, 6) is -1.69. The highest BCUT2D eigenvalue weighted by molar-refractivity contribution is 6.11. The Morgan fingerprint density at radius 1 is 1.22 bits per heavy atom. The topological polar surface area (TPSA) is 66.7 Å². The molecule has 1 aromatic rings. The summed E-state index contributed by atoms with van der Waals surface area (Å²) in [5.41, 5.74) is 3.74. The highest BCUT2D eigenvalue weighted by Crippen LogP contribution is 2.42. The third-order valence-electron chi connectivity index (χ3n) is 4.88. The van der Waals surface area contributed by atoms with Crippen molar-refractivity contribution in [2.24, 2.45) is 10.9 Å². The van der Waals surface area contributed by atoms with E-state index in [1.54, 1.807) is 6.92 Å². The van der Waals surface area contributed by atoms with Crippen LogP contribution in [0.2, 0.25) is 0 Å². The Morgan fingerprint density at radius 2 is 1.91 bits per heavy atom. The fraction of sp³-hybridized carbons (Fsp3) is 0.421. The second-order valence-corrected chi connectivity index (χ2v) is 6.28. The Bertz CT molecular complexity index is 713. The lowest BCUT2D eigenvalue weighted by molar-refractivity contribution is -0.133. The van der Waals surface area contributed by atoms with Gasteiger partial charge in [-0.2, -0.15) is 0 Å². The van der Waals surface area contributed by atoms with Crippen molar-refractivity contribution in [2.75, 3.05) is 0 Å². The average molecular weight is 311 g/mol. The van der Waals surface area contributed by atoms with Gasteiger partial charge in [0.2, 0.25) is 0 Å². The molecule has 2 unspecified atom stereocenters. The maximum atomic E-state index is 12.5. The number of allylic oxidation sites excluding steroid dienone is 1. The molecule has 1 fully saturated rings. The van der Waals surface area contributed by atoms with Gasteiger partial charge in [0.15, 0.2) is 0 Å². The molecule has 2 atom stereocenters. The Labute approximate surface area is 135 Å². The smallest absolute Gasteiger partial charge is 0.334 e. The SMILES string of the molecule is CCc1ccc(C2C(C(=O)O)=C(C)N=C3CCCC(=O)C32)cc1. The molecule has 3 rings (SSSR count). The Balaban J connectivity index is 2.13. The van der Waals surface area contributed by atoms with Gasteiger partial charge in [0, 0.05) is 23.7 Å². The van der Waals surface area contributed by atoms with Crippen molar-refractivity contribution in [1.82, 2.24) is 0 Å². The van der Waals surface area contributed by atoms with Crippen LogP contribution in [0.3, 0.4) is 0 Å². The molecule has 120 valence electrons. The third kappa shape index (κ3) is 2.74. The molecule has 1 aliphatic heterocycles. The van der Waals surface area contributed by atoms with Crippen molar-refractivity contribution in [2.45, 2.75) is 45.4 Å². The maximum absolute atomic E-state index is 12.5. The molecular formula is C19H21NO3. The van der Waals surface area contributed by atoms with Crippen LogP contribution < -0.4 is 0 Å². The number of benzene rings is 1. The highest BCUT2D eigenvalue weighted by Gasteiger charge is 2.43. The number of carbonyl (C=O) groups is 2. The Hall–Kier alpha value is -2.23. The highest BCUT2D eigenvalue weighted by atomic mass is 16.4. The minimum absolute atomic E-state index is 0.116. The van der Waals surface area contributed by atoms with Gasteiger partial charge in [-0.15, -0.1) is 0 Å². The number of Topliss-reactive ketones (excluding diaryl/α,β-unsaturated/α-hetero) is 1. The predicted molar refractivity (Wildman–Crippen MR) is 88.7 cm³/mol. The van der Waals surface area contributed by atoms with E-state index in [9.17, 15) is 14.7 Å². The maximum Gasteiger partial charge on any atom is 0.334 e. The predicted octanol–water partition coefficient (Wildman–Crippen LogP) is 3.52. The number of fused-ring (bicyclic) bond motifs is 1. The van der Waals surface area contributed by atoms with E-state index in [4.69, 9.17) is 0 Å². The van der Waals surface area contributed by atoms with Crippen LogP contribution in [0.5, 0.6) is 0 Å². The number of carboxylic acid groups (broad SMARTS) is 1. The summed E-state index contributed by atoms with van der Waals surface area (Å²) in [6.45, 7) is 3.82. The number of ketones is 1. The number of carbonyl (C=O) groups excluding carboxylic acids is 1. The van der Waals surface area contributed by atoms with Gasteiger partial charge in [-0.25, -0.2) is 4.79 Å². The van der Waals surface area contributed by atoms with Crippen LogP contribution in [0, 0.1) is 5.92 Å². The van der Waals surface area contributed by atoms with Gasteiger partial charge < -0.3 is 5.11 Å². The molecule has 0 aromatic heterocycles. The number of hydrogen-bond donors (Lipinski definition) is 1. The molecule has 1 aromatic carbocycles. The molecule has 1 saturated carbocycles. The van der Waals surface area contributed by atoms with Gasteiger partial charge >= 0.3 is 5.97 Å². The van der Waals surface area contributed by atoms with Crippen LogP contribution in [-0.2, 0) is 16.0 Å². The van der Waals surface area contributed by atoms with Crippen LogP contribution in [-0.4, -0.2) is 22.6 Å². The minimum atomic E-state index is -0.978. The van der Waals surface area contributed by atoms with Crippen molar-refractivity contribution < 1.29 is 14.7 Å². The summed E-state index contributed by atoms with van der Waals surface area (Å²) in [7, 11) is 0. The van der Waals surface area contributed by atoms with E-state index in [0.29, 0.717) is 12.1 Å². The quantitative estimate of drug-likeness (QED) is 0.928. The fourth-order valence-electron chi connectivity index (χ4n) is 3.72. The van der Waals surface area contributed by atoms with E-state index in [0.717, 1.165) is 30.5 Å². The van der Waals surface area contributed by atoms with Crippen molar-refractivity contribution in [1.29, 1.82) is 0 Å².